The average Bonchev–Trinajstić information content (AvgIpc) is 2.29. The lowest BCUT2D eigenvalue weighted by Crippen LogP contribution is -2.15. The molecule has 0 N–H and O–H groups in total. The van der Waals surface area contributed by atoms with Gasteiger partial charge in [-0.1, -0.05) is 24.3 Å². The first-order valence-electron chi connectivity index (χ1n) is 5.54. The molecule has 0 radical (unpaired) electrons. The van der Waals surface area contributed by atoms with Gasteiger partial charge in [-0.2, -0.15) is 0 Å². The van der Waals surface area contributed by atoms with Crippen molar-refractivity contribution in [3.63, 3.8) is 0 Å². The van der Waals surface area contributed by atoms with Crippen LogP contribution in [-0.2, 0) is 4.74 Å². The summed E-state index contributed by atoms with van der Waals surface area (Å²) in [5.41, 5.74) is 1.77. The molecule has 0 heterocycles. The number of hydrogen-bond donors (Lipinski definition) is 0. The Labute approximate surface area is 109 Å². The zero-order valence-corrected chi connectivity index (χ0v) is 11.9. The predicted molar refractivity (Wildman–Crippen MR) is 72.9 cm³/mol. The van der Waals surface area contributed by atoms with E-state index in [2.05, 4.69) is 0 Å². The van der Waals surface area contributed by atoms with Gasteiger partial charge in [-0.3, -0.25) is 4.79 Å². The number of halogens is 1. The highest BCUT2D eigenvalue weighted by atomic mass is 35.5. The van der Waals surface area contributed by atoms with Crippen LogP contribution in [0.2, 0.25) is 0 Å². The predicted octanol–water partition coefficient (Wildman–Crippen LogP) is 4.23. The van der Waals surface area contributed by atoms with Crippen LogP contribution in [-0.4, -0.2) is 19.0 Å². The molecule has 0 aliphatic heterocycles. The maximum atomic E-state index is 10.3. The molecule has 1 atom stereocenters. The van der Waals surface area contributed by atoms with Crippen LogP contribution in [0.3, 0.4) is 0 Å². The fourth-order valence-corrected chi connectivity index (χ4v) is 0.985. The van der Waals surface area contributed by atoms with Crippen molar-refractivity contribution in [3.8, 4) is 0 Å². The molecule has 1 aromatic rings. The number of ether oxygens (including phenoxy) is 1. The summed E-state index contributed by atoms with van der Waals surface area (Å²) in [6.07, 6.45) is 0.822. The Morgan fingerprint density at radius 1 is 1.24 bits per heavy atom. The van der Waals surface area contributed by atoms with Crippen molar-refractivity contribution in [2.45, 2.75) is 38.7 Å². The number of methoxy groups -OCH3 is 1. The van der Waals surface area contributed by atoms with Crippen LogP contribution in [0.25, 0.3) is 0 Å². The molecular formula is C14H21ClO2. The van der Waals surface area contributed by atoms with Gasteiger partial charge in [0.2, 0.25) is 0 Å². The Kier molecular flexibility index (Phi) is 7.09. The highest BCUT2D eigenvalue weighted by Gasteiger charge is 2.04. The maximum Gasteiger partial charge on any atom is 0.150 e. The zero-order valence-electron chi connectivity index (χ0n) is 11.2. The molecule has 0 aliphatic rings. The first-order chi connectivity index (χ1) is 7.80. The zero-order chi connectivity index (χ0) is 13.5. The molecule has 3 heteroatoms. The second-order valence-electron chi connectivity index (χ2n) is 4.72. The van der Waals surface area contributed by atoms with Crippen molar-refractivity contribution in [1.82, 2.24) is 0 Å². The summed E-state index contributed by atoms with van der Waals surface area (Å²) >= 11 is 5.81. The van der Waals surface area contributed by atoms with Gasteiger partial charge in [-0.15, -0.1) is 11.6 Å². The van der Waals surface area contributed by atoms with Gasteiger partial charge in [0.25, 0.3) is 0 Å². The maximum absolute atomic E-state index is 10.3. The Balaban J connectivity index is 0.000000366. The van der Waals surface area contributed by atoms with Gasteiger partial charge in [-0.05, 0) is 33.3 Å². The van der Waals surface area contributed by atoms with Crippen LogP contribution in [0, 0.1) is 0 Å². The molecule has 0 aliphatic carbocycles. The standard InChI is InChI=1S/C9H9ClO.C5H12O/c1-7(10)9-4-2-8(6-11)3-5-9;1-5(2,3)6-4/h2-7H,1H3;1-4H3/t7-;/m1./s1. The summed E-state index contributed by atoms with van der Waals surface area (Å²) in [7, 11) is 1.71. The Bertz CT molecular complexity index is 323. The molecule has 2 nitrogen and oxygen atoms in total. The van der Waals surface area contributed by atoms with Crippen molar-refractivity contribution in [2.24, 2.45) is 0 Å². The van der Waals surface area contributed by atoms with Gasteiger partial charge in [0.1, 0.15) is 6.29 Å². The Morgan fingerprint density at radius 2 is 1.65 bits per heavy atom. The summed E-state index contributed by atoms with van der Waals surface area (Å²) in [5.74, 6) is 0. The van der Waals surface area contributed by atoms with E-state index in [0.29, 0.717) is 5.56 Å². The number of rotatable bonds is 2. The van der Waals surface area contributed by atoms with E-state index >= 15 is 0 Å². The van der Waals surface area contributed by atoms with Crippen LogP contribution < -0.4 is 0 Å². The fraction of sp³-hybridized carbons (Fsp3) is 0.500. The second kappa shape index (κ2) is 7.46. The normalized spacial score (nSPS) is 12.4. The van der Waals surface area contributed by atoms with Crippen molar-refractivity contribution < 1.29 is 9.53 Å². The molecule has 0 fully saturated rings. The third-order valence-corrected chi connectivity index (χ3v) is 2.40. The smallest absolute Gasteiger partial charge is 0.150 e. The molecule has 96 valence electrons. The van der Waals surface area contributed by atoms with E-state index in [4.69, 9.17) is 16.3 Å². The van der Waals surface area contributed by atoms with E-state index in [-0.39, 0.29) is 11.0 Å². The number of carbonyl (C=O) groups excluding carboxylic acids is 1. The SMILES string of the molecule is COC(C)(C)C.C[C@@H](Cl)c1ccc(C=O)cc1. The molecule has 1 rings (SSSR count). The molecule has 0 unspecified atom stereocenters. The van der Waals surface area contributed by atoms with E-state index in [0.717, 1.165) is 11.8 Å². The highest BCUT2D eigenvalue weighted by molar-refractivity contribution is 6.20. The summed E-state index contributed by atoms with van der Waals surface area (Å²) in [5, 5.41) is 0.00991. The summed E-state index contributed by atoms with van der Waals surface area (Å²) in [6.45, 7) is 7.96. The topological polar surface area (TPSA) is 26.3 Å². The average molecular weight is 257 g/mol. The summed E-state index contributed by atoms with van der Waals surface area (Å²) in [6, 6.07) is 7.26. The molecule has 0 bridgehead atoms. The number of hydrogen-bond acceptors (Lipinski definition) is 2. The van der Waals surface area contributed by atoms with E-state index in [1.165, 1.54) is 0 Å². The van der Waals surface area contributed by atoms with Crippen molar-refractivity contribution in [1.29, 1.82) is 0 Å². The van der Waals surface area contributed by atoms with Crippen molar-refractivity contribution >= 4 is 17.9 Å². The Morgan fingerprint density at radius 3 is 1.88 bits per heavy atom. The lowest BCUT2D eigenvalue weighted by molar-refractivity contribution is 0.0397. The van der Waals surface area contributed by atoms with Gasteiger partial charge in [0.15, 0.2) is 0 Å². The molecular weight excluding hydrogens is 236 g/mol. The van der Waals surface area contributed by atoms with Gasteiger partial charge >= 0.3 is 0 Å². The number of alkyl halides is 1. The van der Waals surface area contributed by atoms with E-state index in [1.807, 2.05) is 39.8 Å². The molecule has 17 heavy (non-hydrogen) atoms. The Hall–Kier alpha value is -0.860. The van der Waals surface area contributed by atoms with Crippen LogP contribution in [0.15, 0.2) is 24.3 Å². The first-order valence-corrected chi connectivity index (χ1v) is 5.98. The highest BCUT2D eigenvalue weighted by Crippen LogP contribution is 2.18. The number of benzene rings is 1. The third kappa shape index (κ3) is 7.94. The van der Waals surface area contributed by atoms with Gasteiger partial charge < -0.3 is 4.74 Å². The quantitative estimate of drug-likeness (QED) is 0.585. The number of aldehydes is 1. The fourth-order valence-electron chi connectivity index (χ4n) is 0.840. The molecule has 0 aromatic heterocycles. The van der Waals surface area contributed by atoms with Gasteiger partial charge in [0.05, 0.1) is 11.0 Å². The van der Waals surface area contributed by atoms with E-state index < -0.39 is 0 Å². The van der Waals surface area contributed by atoms with Crippen LogP contribution in [0.5, 0.6) is 0 Å². The molecule has 1 aromatic carbocycles. The lowest BCUT2D eigenvalue weighted by Gasteiger charge is -2.14. The van der Waals surface area contributed by atoms with Crippen molar-refractivity contribution in [2.75, 3.05) is 7.11 Å². The van der Waals surface area contributed by atoms with E-state index in [1.54, 1.807) is 19.2 Å². The molecule has 0 amide bonds. The van der Waals surface area contributed by atoms with E-state index in [9.17, 15) is 4.79 Å². The summed E-state index contributed by atoms with van der Waals surface area (Å²) in [4.78, 5) is 10.3. The summed E-state index contributed by atoms with van der Waals surface area (Å²) < 4.78 is 4.94. The first kappa shape index (κ1) is 16.1. The van der Waals surface area contributed by atoms with Crippen LogP contribution >= 0.6 is 11.6 Å². The van der Waals surface area contributed by atoms with Gasteiger partial charge in [-0.25, -0.2) is 0 Å². The van der Waals surface area contributed by atoms with Gasteiger partial charge in [0, 0.05) is 12.7 Å². The molecule has 0 spiro atoms. The second-order valence-corrected chi connectivity index (χ2v) is 5.37. The lowest BCUT2D eigenvalue weighted by atomic mass is 10.1. The monoisotopic (exact) mass is 256 g/mol. The minimum Gasteiger partial charge on any atom is -0.379 e. The molecule has 0 saturated heterocycles. The minimum atomic E-state index is 0.00991. The molecule has 0 saturated carbocycles. The number of carbonyl (C=O) groups is 1. The third-order valence-electron chi connectivity index (χ3n) is 2.14. The van der Waals surface area contributed by atoms with Crippen LogP contribution in [0.1, 0.15) is 49.0 Å². The van der Waals surface area contributed by atoms with Crippen molar-refractivity contribution in [3.05, 3.63) is 35.4 Å². The van der Waals surface area contributed by atoms with Crippen LogP contribution in [0.4, 0.5) is 0 Å². The largest absolute Gasteiger partial charge is 0.379 e. The minimum absolute atomic E-state index is 0.00991.